The van der Waals surface area contributed by atoms with Crippen LogP contribution in [0.4, 0.5) is 0 Å². The van der Waals surface area contributed by atoms with E-state index in [-0.39, 0.29) is 34.2 Å². The van der Waals surface area contributed by atoms with Crippen molar-refractivity contribution in [3.63, 3.8) is 0 Å². The molecule has 1 aliphatic rings. The van der Waals surface area contributed by atoms with E-state index in [0.717, 1.165) is 5.56 Å². The van der Waals surface area contributed by atoms with Crippen LogP contribution in [0.2, 0.25) is 0 Å². The van der Waals surface area contributed by atoms with Gasteiger partial charge >= 0.3 is 0 Å². The van der Waals surface area contributed by atoms with E-state index in [1.165, 1.54) is 13.2 Å². The molecule has 0 atom stereocenters. The van der Waals surface area contributed by atoms with Crippen molar-refractivity contribution in [3.8, 4) is 11.5 Å². The maximum atomic E-state index is 12.7. The Balaban J connectivity index is 2.38. The first-order chi connectivity index (χ1) is 9.95. The average molecular weight is 282 g/mol. The van der Waals surface area contributed by atoms with Gasteiger partial charge in [0.25, 0.3) is 0 Å². The van der Waals surface area contributed by atoms with Crippen LogP contribution in [0.3, 0.4) is 0 Å². The van der Waals surface area contributed by atoms with Crippen LogP contribution in [0.1, 0.15) is 43.0 Å². The van der Waals surface area contributed by atoms with Gasteiger partial charge in [0.15, 0.2) is 11.6 Å². The summed E-state index contributed by atoms with van der Waals surface area (Å²) in [4.78, 5) is 25.3. The fraction of sp³-hybridized carbons (Fsp3) is 0.176. The molecule has 0 unspecified atom stereocenters. The summed E-state index contributed by atoms with van der Waals surface area (Å²) in [7, 11) is 1.42. The second kappa shape index (κ2) is 4.45. The molecular formula is C17H14O4. The third kappa shape index (κ3) is 1.76. The first kappa shape index (κ1) is 13.4. The molecule has 0 spiro atoms. The topological polar surface area (TPSA) is 63.6 Å². The molecule has 0 fully saturated rings. The Morgan fingerprint density at radius 3 is 2.33 bits per heavy atom. The molecule has 0 aliphatic heterocycles. The highest BCUT2D eigenvalue weighted by molar-refractivity contribution is 6.29. The molecule has 0 saturated heterocycles. The van der Waals surface area contributed by atoms with E-state index >= 15 is 0 Å². The Kier molecular flexibility index (Phi) is 2.83. The predicted molar refractivity (Wildman–Crippen MR) is 77.4 cm³/mol. The van der Waals surface area contributed by atoms with E-state index in [0.29, 0.717) is 16.7 Å². The minimum absolute atomic E-state index is 0.0529. The number of hydrogen-bond donors (Lipinski definition) is 1. The zero-order chi connectivity index (χ0) is 15.3. The lowest BCUT2D eigenvalue weighted by Gasteiger charge is -2.21. The van der Waals surface area contributed by atoms with Crippen molar-refractivity contribution in [2.45, 2.75) is 13.8 Å². The van der Waals surface area contributed by atoms with Crippen molar-refractivity contribution < 1.29 is 19.4 Å². The van der Waals surface area contributed by atoms with Gasteiger partial charge in [-0.3, -0.25) is 9.59 Å². The highest BCUT2D eigenvalue weighted by atomic mass is 16.5. The van der Waals surface area contributed by atoms with E-state index in [1.54, 1.807) is 25.1 Å². The van der Waals surface area contributed by atoms with Crippen molar-refractivity contribution in [2.75, 3.05) is 7.11 Å². The van der Waals surface area contributed by atoms with Crippen LogP contribution in [0.15, 0.2) is 24.3 Å². The monoisotopic (exact) mass is 282 g/mol. The van der Waals surface area contributed by atoms with Crippen molar-refractivity contribution in [1.29, 1.82) is 0 Å². The fourth-order valence-corrected chi connectivity index (χ4v) is 2.73. The number of ketones is 2. The molecule has 4 nitrogen and oxygen atoms in total. The number of hydrogen-bond acceptors (Lipinski definition) is 4. The first-order valence-corrected chi connectivity index (χ1v) is 6.56. The van der Waals surface area contributed by atoms with Crippen molar-refractivity contribution in [3.05, 3.63) is 57.6 Å². The van der Waals surface area contributed by atoms with Crippen LogP contribution in [-0.4, -0.2) is 23.8 Å². The van der Waals surface area contributed by atoms with Crippen LogP contribution in [0, 0.1) is 13.8 Å². The summed E-state index contributed by atoms with van der Waals surface area (Å²) in [5.74, 6) is -0.311. The largest absolute Gasteiger partial charge is 0.508 e. The Hall–Kier alpha value is -2.62. The molecule has 3 rings (SSSR count). The second-order valence-electron chi connectivity index (χ2n) is 5.18. The Morgan fingerprint density at radius 1 is 0.952 bits per heavy atom. The van der Waals surface area contributed by atoms with Gasteiger partial charge in [-0.25, -0.2) is 0 Å². The number of methoxy groups -OCH3 is 1. The van der Waals surface area contributed by atoms with Gasteiger partial charge in [-0.1, -0.05) is 17.7 Å². The average Bonchev–Trinajstić information content (AvgIpc) is 2.46. The molecule has 106 valence electrons. The molecule has 1 N–H and O–H groups in total. The Bertz CT molecular complexity index is 803. The summed E-state index contributed by atoms with van der Waals surface area (Å²) in [5, 5.41) is 9.95. The zero-order valence-corrected chi connectivity index (χ0v) is 12.0. The minimum atomic E-state index is -0.267. The van der Waals surface area contributed by atoms with Crippen molar-refractivity contribution in [2.24, 2.45) is 0 Å². The van der Waals surface area contributed by atoms with Gasteiger partial charge in [0.05, 0.1) is 12.7 Å². The number of carbonyl (C=O) groups excluding carboxylic acids is 2. The summed E-state index contributed by atoms with van der Waals surface area (Å²) < 4.78 is 5.25. The molecule has 2 aromatic carbocycles. The predicted octanol–water partition coefficient (Wildman–Crippen LogP) is 2.79. The number of aryl methyl sites for hydroxylation is 1. The summed E-state index contributed by atoms with van der Waals surface area (Å²) >= 11 is 0. The Morgan fingerprint density at radius 2 is 1.67 bits per heavy atom. The lowest BCUT2D eigenvalue weighted by atomic mass is 9.82. The summed E-state index contributed by atoms with van der Waals surface area (Å²) in [5.41, 5.74) is 2.53. The highest BCUT2D eigenvalue weighted by Crippen LogP contribution is 2.39. The SMILES string of the molecule is COc1c(C)c(O)cc2c1C(=O)c1ccc(C)cc1C2=O. The molecule has 0 aromatic heterocycles. The van der Waals surface area contributed by atoms with Crippen LogP contribution in [-0.2, 0) is 0 Å². The summed E-state index contributed by atoms with van der Waals surface area (Å²) in [6, 6.07) is 6.50. The highest BCUT2D eigenvalue weighted by Gasteiger charge is 2.34. The second-order valence-corrected chi connectivity index (χ2v) is 5.18. The smallest absolute Gasteiger partial charge is 0.198 e. The minimum Gasteiger partial charge on any atom is -0.508 e. The molecular weight excluding hydrogens is 268 g/mol. The number of ether oxygens (including phenoxy) is 1. The van der Waals surface area contributed by atoms with Gasteiger partial charge in [0.2, 0.25) is 0 Å². The van der Waals surface area contributed by atoms with Crippen LogP contribution in [0.25, 0.3) is 0 Å². The number of benzene rings is 2. The molecule has 1 aliphatic carbocycles. The molecule has 4 heteroatoms. The van der Waals surface area contributed by atoms with Crippen LogP contribution >= 0.6 is 0 Å². The van der Waals surface area contributed by atoms with Gasteiger partial charge in [-0.2, -0.15) is 0 Å². The molecule has 21 heavy (non-hydrogen) atoms. The number of fused-ring (bicyclic) bond motifs is 2. The van der Waals surface area contributed by atoms with Crippen molar-refractivity contribution >= 4 is 11.6 Å². The molecule has 0 amide bonds. The normalized spacial score (nSPS) is 12.9. The summed E-state index contributed by atoms with van der Waals surface area (Å²) in [6.07, 6.45) is 0. The molecule has 0 saturated carbocycles. The lowest BCUT2D eigenvalue weighted by Crippen LogP contribution is -2.22. The number of aromatic hydroxyl groups is 1. The zero-order valence-electron chi connectivity index (χ0n) is 12.0. The molecule has 0 heterocycles. The third-order valence-corrected chi connectivity index (χ3v) is 3.84. The van der Waals surface area contributed by atoms with Crippen molar-refractivity contribution in [1.82, 2.24) is 0 Å². The van der Waals surface area contributed by atoms with Crippen LogP contribution in [0.5, 0.6) is 11.5 Å². The Labute approximate surface area is 122 Å². The fourth-order valence-electron chi connectivity index (χ4n) is 2.73. The van der Waals surface area contributed by atoms with E-state index in [2.05, 4.69) is 0 Å². The number of phenols is 1. The summed E-state index contributed by atoms with van der Waals surface area (Å²) in [6.45, 7) is 3.51. The standard InChI is InChI=1S/C17H14O4/c1-8-4-5-10-11(6-8)15(19)12-7-13(18)9(2)17(21-3)14(12)16(10)20/h4-7,18H,1-3H3. The number of rotatable bonds is 1. The number of carbonyl (C=O) groups is 2. The van der Waals surface area contributed by atoms with Gasteiger partial charge in [0.1, 0.15) is 11.5 Å². The third-order valence-electron chi connectivity index (χ3n) is 3.84. The maximum Gasteiger partial charge on any atom is 0.198 e. The van der Waals surface area contributed by atoms with Crippen LogP contribution < -0.4 is 4.74 Å². The van der Waals surface area contributed by atoms with E-state index in [9.17, 15) is 14.7 Å². The first-order valence-electron chi connectivity index (χ1n) is 6.56. The molecule has 2 aromatic rings. The van der Waals surface area contributed by atoms with E-state index in [4.69, 9.17) is 4.74 Å². The quantitative estimate of drug-likeness (QED) is 0.745. The van der Waals surface area contributed by atoms with E-state index < -0.39 is 0 Å². The molecule has 0 bridgehead atoms. The molecule has 0 radical (unpaired) electrons. The van der Waals surface area contributed by atoms with Gasteiger partial charge < -0.3 is 9.84 Å². The number of phenolic OH excluding ortho intramolecular Hbond substituents is 1. The maximum absolute atomic E-state index is 12.7. The van der Waals surface area contributed by atoms with E-state index in [1.807, 2.05) is 6.92 Å². The lowest BCUT2D eigenvalue weighted by molar-refractivity contribution is 0.0976. The van der Waals surface area contributed by atoms with Gasteiger partial charge in [0, 0.05) is 22.3 Å². The van der Waals surface area contributed by atoms with Gasteiger partial charge in [-0.05, 0) is 26.0 Å². The van der Waals surface area contributed by atoms with Gasteiger partial charge in [-0.15, -0.1) is 0 Å².